The lowest BCUT2D eigenvalue weighted by atomic mass is 10.0. The highest BCUT2D eigenvalue weighted by molar-refractivity contribution is 8.14. The molecule has 1 rings (SSSR count). The number of carbonyl (C=O) groups excluding carboxylic acids is 1. The monoisotopic (exact) mass is 201 g/mol. The van der Waals surface area contributed by atoms with Gasteiger partial charge in [0.15, 0.2) is 0 Å². The highest BCUT2D eigenvalue weighted by Crippen LogP contribution is 2.28. The third kappa shape index (κ3) is 4.55. The summed E-state index contributed by atoms with van der Waals surface area (Å²) >= 11 is 1.50. The van der Waals surface area contributed by atoms with E-state index in [0.29, 0.717) is 5.25 Å². The third-order valence-corrected chi connectivity index (χ3v) is 3.37. The van der Waals surface area contributed by atoms with E-state index in [2.05, 4.69) is 5.32 Å². The molecule has 1 amide bonds. The van der Waals surface area contributed by atoms with Crippen LogP contribution in [0.25, 0.3) is 0 Å². The molecule has 0 saturated heterocycles. The summed E-state index contributed by atoms with van der Waals surface area (Å²) in [7, 11) is 0. The van der Waals surface area contributed by atoms with Crippen LogP contribution in [0.15, 0.2) is 0 Å². The van der Waals surface area contributed by atoms with E-state index in [1.807, 2.05) is 13.8 Å². The second kappa shape index (κ2) is 5.53. The van der Waals surface area contributed by atoms with E-state index in [0.717, 1.165) is 0 Å². The smallest absolute Gasteiger partial charge is 0.279 e. The minimum Gasteiger partial charge on any atom is -0.345 e. The van der Waals surface area contributed by atoms with Crippen molar-refractivity contribution in [1.29, 1.82) is 0 Å². The maximum absolute atomic E-state index is 11.4. The molecule has 1 saturated carbocycles. The molecule has 0 aromatic rings. The first-order valence-electron chi connectivity index (χ1n) is 5.15. The quantitative estimate of drug-likeness (QED) is 0.743. The fourth-order valence-electron chi connectivity index (χ4n) is 1.60. The lowest BCUT2D eigenvalue weighted by molar-refractivity contribution is 0.258. The van der Waals surface area contributed by atoms with Crippen LogP contribution < -0.4 is 5.32 Å². The largest absolute Gasteiger partial charge is 0.345 e. The molecule has 0 aromatic carbocycles. The van der Waals surface area contributed by atoms with E-state index in [1.165, 1.54) is 43.9 Å². The SMILES string of the molecule is CC(C)NC(=O)SC1CCCCC1. The Balaban J connectivity index is 2.18. The first-order chi connectivity index (χ1) is 6.18. The second-order valence-corrected chi connectivity index (χ2v) is 5.24. The molecule has 0 unspecified atom stereocenters. The van der Waals surface area contributed by atoms with Gasteiger partial charge in [-0.2, -0.15) is 0 Å². The van der Waals surface area contributed by atoms with Crippen LogP contribution in [-0.4, -0.2) is 16.5 Å². The van der Waals surface area contributed by atoms with Gasteiger partial charge in [-0.3, -0.25) is 4.79 Å². The summed E-state index contributed by atoms with van der Waals surface area (Å²) in [6, 6.07) is 0.267. The van der Waals surface area contributed by atoms with Gasteiger partial charge < -0.3 is 5.32 Å². The molecule has 0 radical (unpaired) electrons. The van der Waals surface area contributed by atoms with Crippen molar-refractivity contribution in [1.82, 2.24) is 5.32 Å². The number of amides is 1. The number of nitrogens with one attached hydrogen (secondary N) is 1. The fraction of sp³-hybridized carbons (Fsp3) is 0.900. The van der Waals surface area contributed by atoms with Crippen molar-refractivity contribution >= 4 is 17.0 Å². The highest BCUT2D eigenvalue weighted by atomic mass is 32.2. The van der Waals surface area contributed by atoms with Crippen molar-refractivity contribution in [3.63, 3.8) is 0 Å². The van der Waals surface area contributed by atoms with Gasteiger partial charge in [0.1, 0.15) is 0 Å². The standard InChI is InChI=1S/C10H19NOS/c1-8(2)11-10(12)13-9-6-4-3-5-7-9/h8-9H,3-7H2,1-2H3,(H,11,12). The minimum absolute atomic E-state index is 0.155. The Hall–Kier alpha value is -0.180. The van der Waals surface area contributed by atoms with Crippen LogP contribution >= 0.6 is 11.8 Å². The van der Waals surface area contributed by atoms with Crippen molar-refractivity contribution in [2.24, 2.45) is 0 Å². The number of hydrogen-bond acceptors (Lipinski definition) is 2. The summed E-state index contributed by atoms with van der Waals surface area (Å²) in [6.07, 6.45) is 6.38. The van der Waals surface area contributed by atoms with Crippen LogP contribution in [0.2, 0.25) is 0 Å². The Bertz CT molecular complexity index is 164. The summed E-state index contributed by atoms with van der Waals surface area (Å²) in [5.74, 6) is 0. The molecule has 0 spiro atoms. The van der Waals surface area contributed by atoms with Gasteiger partial charge in [0.25, 0.3) is 5.24 Å². The van der Waals surface area contributed by atoms with E-state index >= 15 is 0 Å². The predicted octanol–water partition coefficient (Wildman–Crippen LogP) is 3.17. The van der Waals surface area contributed by atoms with Crippen molar-refractivity contribution in [2.45, 2.75) is 57.2 Å². The van der Waals surface area contributed by atoms with Crippen LogP contribution in [0.4, 0.5) is 4.79 Å². The van der Waals surface area contributed by atoms with Gasteiger partial charge in [-0.1, -0.05) is 31.0 Å². The molecule has 0 bridgehead atoms. The Morgan fingerprint density at radius 1 is 1.31 bits per heavy atom. The summed E-state index contributed by atoms with van der Waals surface area (Å²) in [5.41, 5.74) is 0. The molecule has 0 aromatic heterocycles. The fourth-order valence-corrected chi connectivity index (χ4v) is 2.78. The molecule has 13 heavy (non-hydrogen) atoms. The lowest BCUT2D eigenvalue weighted by Crippen LogP contribution is -2.28. The van der Waals surface area contributed by atoms with E-state index in [-0.39, 0.29) is 11.3 Å². The average Bonchev–Trinajstić information content (AvgIpc) is 2.04. The van der Waals surface area contributed by atoms with E-state index in [9.17, 15) is 4.79 Å². The summed E-state index contributed by atoms with van der Waals surface area (Å²) < 4.78 is 0. The van der Waals surface area contributed by atoms with Gasteiger partial charge in [0.05, 0.1) is 0 Å². The van der Waals surface area contributed by atoms with Gasteiger partial charge in [0.2, 0.25) is 0 Å². The molecule has 0 atom stereocenters. The summed E-state index contributed by atoms with van der Waals surface area (Å²) in [5, 5.41) is 3.64. The molecule has 1 aliphatic carbocycles. The van der Waals surface area contributed by atoms with Crippen LogP contribution in [0.5, 0.6) is 0 Å². The molecule has 1 N–H and O–H groups in total. The Kier molecular flexibility index (Phi) is 4.64. The van der Waals surface area contributed by atoms with Crippen LogP contribution in [0.1, 0.15) is 46.0 Å². The normalized spacial score (nSPS) is 19.0. The zero-order chi connectivity index (χ0) is 9.68. The third-order valence-electron chi connectivity index (χ3n) is 2.23. The Labute approximate surface area is 84.9 Å². The molecule has 1 aliphatic rings. The van der Waals surface area contributed by atoms with Crippen molar-refractivity contribution in [3.8, 4) is 0 Å². The zero-order valence-electron chi connectivity index (χ0n) is 8.51. The van der Waals surface area contributed by atoms with Crippen molar-refractivity contribution < 1.29 is 4.79 Å². The number of hydrogen-bond donors (Lipinski definition) is 1. The van der Waals surface area contributed by atoms with Gasteiger partial charge in [-0.25, -0.2) is 0 Å². The lowest BCUT2D eigenvalue weighted by Gasteiger charge is -2.20. The first-order valence-corrected chi connectivity index (χ1v) is 6.03. The zero-order valence-corrected chi connectivity index (χ0v) is 9.32. The maximum Gasteiger partial charge on any atom is 0.279 e. The summed E-state index contributed by atoms with van der Waals surface area (Å²) in [6.45, 7) is 4.00. The molecule has 3 heteroatoms. The topological polar surface area (TPSA) is 29.1 Å². The summed E-state index contributed by atoms with van der Waals surface area (Å²) in [4.78, 5) is 11.4. The Morgan fingerprint density at radius 3 is 2.46 bits per heavy atom. The Morgan fingerprint density at radius 2 is 1.92 bits per heavy atom. The minimum atomic E-state index is 0.155. The maximum atomic E-state index is 11.4. The van der Waals surface area contributed by atoms with Crippen molar-refractivity contribution in [3.05, 3.63) is 0 Å². The second-order valence-electron chi connectivity index (χ2n) is 3.96. The van der Waals surface area contributed by atoms with E-state index < -0.39 is 0 Å². The van der Waals surface area contributed by atoms with Gasteiger partial charge >= 0.3 is 0 Å². The first kappa shape index (κ1) is 10.9. The molecule has 0 aliphatic heterocycles. The molecular weight excluding hydrogens is 182 g/mol. The number of carbonyl (C=O) groups is 1. The van der Waals surface area contributed by atoms with Gasteiger partial charge in [0, 0.05) is 11.3 Å². The van der Waals surface area contributed by atoms with E-state index in [4.69, 9.17) is 0 Å². The molecular formula is C10H19NOS. The van der Waals surface area contributed by atoms with Gasteiger partial charge in [-0.15, -0.1) is 0 Å². The van der Waals surface area contributed by atoms with Gasteiger partial charge in [-0.05, 0) is 26.7 Å². The van der Waals surface area contributed by atoms with E-state index in [1.54, 1.807) is 0 Å². The van der Waals surface area contributed by atoms with Crippen LogP contribution in [-0.2, 0) is 0 Å². The number of rotatable bonds is 2. The predicted molar refractivity (Wildman–Crippen MR) is 58.1 cm³/mol. The van der Waals surface area contributed by atoms with Crippen molar-refractivity contribution in [2.75, 3.05) is 0 Å². The van der Waals surface area contributed by atoms with Crippen LogP contribution in [0.3, 0.4) is 0 Å². The molecule has 76 valence electrons. The molecule has 0 heterocycles. The molecule has 1 fully saturated rings. The van der Waals surface area contributed by atoms with Crippen LogP contribution in [0, 0.1) is 0 Å². The highest BCUT2D eigenvalue weighted by Gasteiger charge is 2.17. The average molecular weight is 201 g/mol. The number of thioether (sulfide) groups is 1. The molecule has 2 nitrogen and oxygen atoms in total.